The number of hydrogen-bond acceptors (Lipinski definition) is 4. The third-order valence-electron chi connectivity index (χ3n) is 7.91. The Morgan fingerprint density at radius 3 is 1.16 bits per heavy atom. The summed E-state index contributed by atoms with van der Waals surface area (Å²) in [5.41, 5.74) is 4.66. The Kier molecular flexibility index (Phi) is 6.91. The number of fused-ring (bicyclic) bond motifs is 2. The second kappa shape index (κ2) is 11.5. The maximum atomic E-state index is 2.39. The predicted octanol–water partition coefficient (Wildman–Crippen LogP) is 12.7. The van der Waals surface area contributed by atoms with Crippen molar-refractivity contribution in [3.05, 3.63) is 170 Å². The highest BCUT2D eigenvalue weighted by Crippen LogP contribution is 2.48. The van der Waals surface area contributed by atoms with Crippen LogP contribution in [0, 0.1) is 0 Å². The molecule has 0 amide bonds. The van der Waals surface area contributed by atoms with E-state index < -0.39 is 0 Å². The highest BCUT2D eigenvalue weighted by Gasteiger charge is 2.20. The second-order valence-corrected chi connectivity index (χ2v) is 12.7. The molecule has 0 aliphatic rings. The third kappa shape index (κ3) is 4.84. The molecule has 0 saturated carbocycles. The van der Waals surface area contributed by atoms with Gasteiger partial charge in [-0.25, -0.2) is 0 Å². The molecule has 0 bridgehead atoms. The second-order valence-electron chi connectivity index (χ2n) is 10.6. The number of hydrogen-bond donors (Lipinski definition) is 0. The summed E-state index contributed by atoms with van der Waals surface area (Å²) in [6.07, 6.45) is 0. The summed E-state index contributed by atoms with van der Waals surface area (Å²) >= 11 is 3.66. The highest BCUT2D eigenvalue weighted by molar-refractivity contribution is 7.26. The molecule has 210 valence electrons. The Morgan fingerprint density at radius 1 is 0.318 bits per heavy atom. The van der Waals surface area contributed by atoms with Crippen LogP contribution in [-0.4, -0.2) is 0 Å². The molecule has 0 aliphatic carbocycles. The molecule has 2 nitrogen and oxygen atoms in total. The van der Waals surface area contributed by atoms with Crippen LogP contribution in [0.4, 0.5) is 32.8 Å². The van der Waals surface area contributed by atoms with Crippen molar-refractivity contribution in [1.82, 2.24) is 0 Å². The summed E-state index contributed by atoms with van der Waals surface area (Å²) in [6, 6.07) is 60.8. The van der Waals surface area contributed by atoms with E-state index in [1.54, 1.807) is 0 Å². The van der Waals surface area contributed by atoms with Gasteiger partial charge in [0.25, 0.3) is 0 Å². The molecule has 0 radical (unpaired) electrons. The molecule has 0 atom stereocenters. The van der Waals surface area contributed by atoms with Gasteiger partial charge in [0.05, 0.1) is 11.4 Å². The van der Waals surface area contributed by atoms with Crippen molar-refractivity contribution < 1.29 is 0 Å². The lowest BCUT2D eigenvalue weighted by atomic mass is 10.1. The summed E-state index contributed by atoms with van der Waals surface area (Å²) in [7, 11) is 0. The van der Waals surface area contributed by atoms with Gasteiger partial charge in [0.1, 0.15) is 10.0 Å². The topological polar surface area (TPSA) is 6.48 Å². The predicted molar refractivity (Wildman–Crippen MR) is 192 cm³/mol. The quantitative estimate of drug-likeness (QED) is 0.180. The molecule has 0 N–H and O–H groups in total. The van der Waals surface area contributed by atoms with Gasteiger partial charge in [0, 0.05) is 31.9 Å². The Labute approximate surface area is 265 Å². The fourth-order valence-corrected chi connectivity index (χ4v) is 8.06. The van der Waals surface area contributed by atoms with Crippen LogP contribution in [0.25, 0.3) is 31.3 Å². The summed E-state index contributed by atoms with van der Waals surface area (Å²) in [5, 5.41) is 7.32. The number of thiophene rings is 2. The van der Waals surface area contributed by atoms with E-state index in [4.69, 9.17) is 0 Å². The average molecular weight is 601 g/mol. The lowest BCUT2D eigenvalue weighted by molar-refractivity contribution is 1.33. The van der Waals surface area contributed by atoms with Crippen molar-refractivity contribution in [3.8, 4) is 9.75 Å². The Balaban J connectivity index is 1.22. The van der Waals surface area contributed by atoms with Crippen molar-refractivity contribution in [1.29, 1.82) is 0 Å². The minimum atomic E-state index is 1.15. The van der Waals surface area contributed by atoms with Gasteiger partial charge in [-0.05, 0) is 71.4 Å². The molecule has 8 aromatic rings. The van der Waals surface area contributed by atoms with Crippen molar-refractivity contribution in [2.75, 3.05) is 9.80 Å². The van der Waals surface area contributed by atoms with Gasteiger partial charge in [0.2, 0.25) is 0 Å². The van der Waals surface area contributed by atoms with Gasteiger partial charge in [-0.3, -0.25) is 0 Å². The van der Waals surface area contributed by atoms with Gasteiger partial charge in [-0.1, -0.05) is 109 Å². The zero-order valence-electron chi connectivity index (χ0n) is 23.9. The maximum absolute atomic E-state index is 2.39. The van der Waals surface area contributed by atoms with Crippen LogP contribution in [0.15, 0.2) is 170 Å². The fraction of sp³-hybridized carbons (Fsp3) is 0. The molecule has 0 spiro atoms. The van der Waals surface area contributed by atoms with Crippen LogP contribution in [0.3, 0.4) is 0 Å². The van der Waals surface area contributed by atoms with Gasteiger partial charge in [-0.15, -0.1) is 22.7 Å². The first kappa shape index (κ1) is 26.5. The van der Waals surface area contributed by atoms with Crippen LogP contribution in [0.5, 0.6) is 0 Å². The van der Waals surface area contributed by atoms with Crippen molar-refractivity contribution >= 4 is 77.0 Å². The normalized spacial score (nSPS) is 11.2. The number of benzene rings is 6. The lowest BCUT2D eigenvalue weighted by Gasteiger charge is -2.25. The number of nitrogens with zero attached hydrogens (tertiary/aromatic N) is 2. The SMILES string of the molecule is c1ccc(N(c2ccc(-c3ccc(N(c4ccccc4)c4cccc5ccccc45)s3)s2)c2cccc3ccccc23)cc1. The Morgan fingerprint density at radius 2 is 0.705 bits per heavy atom. The Bertz CT molecular complexity index is 2030. The molecule has 8 rings (SSSR count). The summed E-state index contributed by atoms with van der Waals surface area (Å²) in [6.45, 7) is 0. The molecule has 4 heteroatoms. The van der Waals surface area contributed by atoms with E-state index >= 15 is 0 Å². The molecule has 0 unspecified atom stereocenters. The molecule has 2 heterocycles. The van der Waals surface area contributed by atoms with Crippen LogP contribution in [-0.2, 0) is 0 Å². The Hall–Kier alpha value is -5.16. The van der Waals surface area contributed by atoms with Crippen LogP contribution >= 0.6 is 22.7 Å². The van der Waals surface area contributed by atoms with E-state index in [0.717, 1.165) is 11.4 Å². The first-order chi connectivity index (χ1) is 21.8. The molecule has 0 saturated heterocycles. The molecule has 6 aromatic carbocycles. The smallest absolute Gasteiger partial charge is 0.101 e. The van der Waals surface area contributed by atoms with Crippen LogP contribution < -0.4 is 9.80 Å². The average Bonchev–Trinajstić information content (AvgIpc) is 3.77. The summed E-state index contributed by atoms with van der Waals surface area (Å²) in [4.78, 5) is 7.28. The van der Waals surface area contributed by atoms with Gasteiger partial charge < -0.3 is 9.80 Å². The third-order valence-corrected chi connectivity index (χ3v) is 10.2. The molecule has 44 heavy (non-hydrogen) atoms. The standard InChI is InChI=1S/C40H28N2S2/c1-3-17-31(18-4-1)41(35-23-11-15-29-13-7-9-21-33(29)35)39-27-25-37(43-39)38-26-28-40(44-38)42(32-19-5-2-6-20-32)36-24-12-16-30-14-8-10-22-34(30)36/h1-28H. The van der Waals surface area contributed by atoms with Gasteiger partial charge in [0.15, 0.2) is 0 Å². The minimum Gasteiger partial charge on any atom is -0.301 e. The van der Waals surface area contributed by atoms with Gasteiger partial charge in [-0.2, -0.15) is 0 Å². The lowest BCUT2D eigenvalue weighted by Crippen LogP contribution is -2.08. The molecule has 0 aliphatic heterocycles. The van der Waals surface area contributed by atoms with E-state index in [9.17, 15) is 0 Å². The minimum absolute atomic E-state index is 1.15. The summed E-state index contributed by atoms with van der Waals surface area (Å²) < 4.78 is 0. The molecule has 0 fully saturated rings. The highest BCUT2D eigenvalue weighted by atomic mass is 32.1. The van der Waals surface area contributed by atoms with Crippen molar-refractivity contribution in [2.24, 2.45) is 0 Å². The van der Waals surface area contributed by atoms with E-state index in [-0.39, 0.29) is 0 Å². The van der Waals surface area contributed by atoms with E-state index in [0.29, 0.717) is 0 Å². The first-order valence-electron chi connectivity index (χ1n) is 14.7. The number of para-hydroxylation sites is 2. The summed E-state index contributed by atoms with van der Waals surface area (Å²) in [5.74, 6) is 0. The van der Waals surface area contributed by atoms with E-state index in [2.05, 4.69) is 180 Å². The molecule has 2 aromatic heterocycles. The van der Waals surface area contributed by atoms with Crippen molar-refractivity contribution in [3.63, 3.8) is 0 Å². The number of rotatable bonds is 7. The van der Waals surface area contributed by atoms with Crippen LogP contribution in [0.1, 0.15) is 0 Å². The van der Waals surface area contributed by atoms with E-state index in [1.807, 2.05) is 22.7 Å². The fourth-order valence-electron chi connectivity index (χ4n) is 5.89. The largest absolute Gasteiger partial charge is 0.301 e. The van der Waals surface area contributed by atoms with Gasteiger partial charge >= 0.3 is 0 Å². The van der Waals surface area contributed by atoms with Crippen LogP contribution in [0.2, 0.25) is 0 Å². The number of anilines is 6. The molecular weight excluding hydrogens is 573 g/mol. The monoisotopic (exact) mass is 600 g/mol. The first-order valence-corrected chi connectivity index (χ1v) is 16.3. The van der Waals surface area contributed by atoms with Crippen molar-refractivity contribution in [2.45, 2.75) is 0 Å². The maximum Gasteiger partial charge on any atom is 0.101 e. The zero-order valence-corrected chi connectivity index (χ0v) is 25.5. The molecular formula is C40H28N2S2. The zero-order chi connectivity index (χ0) is 29.3. The van der Waals surface area contributed by atoms with E-state index in [1.165, 1.54) is 52.7 Å².